The predicted molar refractivity (Wildman–Crippen MR) is 85.5 cm³/mol. The van der Waals surface area contributed by atoms with Crippen LogP contribution in [-0.2, 0) is 11.3 Å². The van der Waals surface area contributed by atoms with Crippen LogP contribution in [0.25, 0.3) is 10.9 Å². The van der Waals surface area contributed by atoms with Crippen LogP contribution in [0.2, 0.25) is 0 Å². The molecule has 2 unspecified atom stereocenters. The normalized spacial score (nSPS) is 21.6. The van der Waals surface area contributed by atoms with Crippen LogP contribution in [0.1, 0.15) is 20.3 Å². The molecular weight excluding hydrogens is 297 g/mol. The van der Waals surface area contributed by atoms with E-state index in [2.05, 4.69) is 18.8 Å². The second kappa shape index (κ2) is 6.10. The third kappa shape index (κ3) is 3.25. The second-order valence-corrected chi connectivity index (χ2v) is 6.58. The van der Waals surface area contributed by atoms with E-state index in [0.717, 1.165) is 19.5 Å². The molecule has 0 N–H and O–H groups in total. The van der Waals surface area contributed by atoms with E-state index in [1.54, 1.807) is 0 Å². The highest BCUT2D eigenvalue weighted by Crippen LogP contribution is 2.21. The molecule has 0 spiro atoms. The van der Waals surface area contributed by atoms with Gasteiger partial charge in [-0.15, -0.1) is 0 Å². The van der Waals surface area contributed by atoms with Gasteiger partial charge in [-0.3, -0.25) is 14.2 Å². The summed E-state index contributed by atoms with van der Waals surface area (Å²) in [5.74, 6) is 0.428. The van der Waals surface area contributed by atoms with Crippen molar-refractivity contribution in [3.63, 3.8) is 0 Å². The van der Waals surface area contributed by atoms with Crippen molar-refractivity contribution in [1.82, 2.24) is 14.5 Å². The molecule has 2 aromatic rings. The number of aromatic nitrogens is 2. The van der Waals surface area contributed by atoms with Crippen molar-refractivity contribution >= 4 is 16.8 Å². The summed E-state index contributed by atoms with van der Waals surface area (Å²) in [4.78, 5) is 30.8. The molecule has 2 heterocycles. The van der Waals surface area contributed by atoms with Crippen LogP contribution in [0.5, 0.6) is 0 Å². The molecule has 3 rings (SSSR count). The number of amides is 1. The molecule has 1 aliphatic rings. The second-order valence-electron chi connectivity index (χ2n) is 6.58. The Morgan fingerprint density at radius 1 is 1.30 bits per heavy atom. The first-order valence-electron chi connectivity index (χ1n) is 7.86. The van der Waals surface area contributed by atoms with E-state index in [0.29, 0.717) is 22.7 Å². The van der Waals surface area contributed by atoms with Gasteiger partial charge >= 0.3 is 0 Å². The number of hydrogen-bond acceptors (Lipinski definition) is 3. The van der Waals surface area contributed by atoms with Crippen molar-refractivity contribution in [3.05, 3.63) is 40.7 Å². The first-order valence-corrected chi connectivity index (χ1v) is 7.86. The zero-order valence-corrected chi connectivity index (χ0v) is 13.3. The number of fused-ring (bicyclic) bond motifs is 1. The molecule has 0 radical (unpaired) electrons. The molecular formula is C17H20FN3O2. The molecule has 1 aromatic carbocycles. The van der Waals surface area contributed by atoms with Crippen molar-refractivity contribution in [2.75, 3.05) is 13.1 Å². The highest BCUT2D eigenvalue weighted by Gasteiger charge is 2.25. The Bertz CT molecular complexity index is 792. The zero-order valence-electron chi connectivity index (χ0n) is 13.3. The van der Waals surface area contributed by atoms with E-state index in [4.69, 9.17) is 0 Å². The molecule has 0 bridgehead atoms. The van der Waals surface area contributed by atoms with Crippen LogP contribution in [0.15, 0.2) is 29.3 Å². The third-order valence-corrected chi connectivity index (χ3v) is 4.31. The van der Waals surface area contributed by atoms with Crippen LogP contribution >= 0.6 is 0 Å². The van der Waals surface area contributed by atoms with Crippen molar-refractivity contribution in [1.29, 1.82) is 0 Å². The average Bonchev–Trinajstić information content (AvgIpc) is 2.49. The average molecular weight is 317 g/mol. The smallest absolute Gasteiger partial charge is 0.261 e. The Morgan fingerprint density at radius 2 is 2.00 bits per heavy atom. The maximum atomic E-state index is 13.2. The van der Waals surface area contributed by atoms with E-state index in [9.17, 15) is 14.0 Å². The summed E-state index contributed by atoms with van der Waals surface area (Å²) in [5.41, 5.74) is -0.0135. The zero-order chi connectivity index (χ0) is 16.6. The number of benzene rings is 1. The van der Waals surface area contributed by atoms with Gasteiger partial charge in [-0.05, 0) is 30.4 Å². The Morgan fingerprint density at radius 3 is 2.70 bits per heavy atom. The topological polar surface area (TPSA) is 55.2 Å². The van der Waals surface area contributed by atoms with E-state index in [-0.39, 0.29) is 18.0 Å². The number of halogens is 1. The minimum absolute atomic E-state index is 0.0292. The highest BCUT2D eigenvalue weighted by atomic mass is 19.1. The summed E-state index contributed by atoms with van der Waals surface area (Å²) in [6.07, 6.45) is 2.44. The van der Waals surface area contributed by atoms with Crippen molar-refractivity contribution in [3.8, 4) is 0 Å². The monoisotopic (exact) mass is 317 g/mol. The van der Waals surface area contributed by atoms with Gasteiger partial charge in [0.15, 0.2) is 0 Å². The fraction of sp³-hybridized carbons (Fsp3) is 0.471. The minimum atomic E-state index is -0.436. The van der Waals surface area contributed by atoms with E-state index in [1.165, 1.54) is 29.1 Å². The molecule has 5 nitrogen and oxygen atoms in total. The number of nitrogens with zero attached hydrogens (tertiary/aromatic N) is 3. The van der Waals surface area contributed by atoms with E-state index in [1.807, 2.05) is 4.90 Å². The van der Waals surface area contributed by atoms with E-state index >= 15 is 0 Å². The van der Waals surface area contributed by atoms with Gasteiger partial charge in [0.1, 0.15) is 12.4 Å². The molecule has 23 heavy (non-hydrogen) atoms. The summed E-state index contributed by atoms with van der Waals surface area (Å²) in [5, 5.41) is 0.321. The Balaban J connectivity index is 1.84. The molecule has 1 saturated heterocycles. The van der Waals surface area contributed by atoms with Gasteiger partial charge in [0.2, 0.25) is 5.91 Å². The molecule has 0 saturated carbocycles. The highest BCUT2D eigenvalue weighted by molar-refractivity contribution is 5.79. The number of carbonyl (C=O) groups is 1. The molecule has 1 aromatic heterocycles. The summed E-state index contributed by atoms with van der Waals surface area (Å²) >= 11 is 0. The SMILES string of the molecule is CC1CC(C)CN(C(=O)Cn2cnc3cc(F)ccc3c2=O)C1. The maximum Gasteiger partial charge on any atom is 0.261 e. The van der Waals surface area contributed by atoms with Gasteiger partial charge in [-0.2, -0.15) is 0 Å². The van der Waals surface area contributed by atoms with Gasteiger partial charge < -0.3 is 4.90 Å². The van der Waals surface area contributed by atoms with Crippen molar-refractivity contribution < 1.29 is 9.18 Å². The van der Waals surface area contributed by atoms with Gasteiger partial charge in [-0.1, -0.05) is 13.8 Å². The molecule has 6 heteroatoms. The van der Waals surface area contributed by atoms with Crippen LogP contribution in [0.4, 0.5) is 4.39 Å². The fourth-order valence-corrected chi connectivity index (χ4v) is 3.36. The fourth-order valence-electron chi connectivity index (χ4n) is 3.36. The number of rotatable bonds is 2. The van der Waals surface area contributed by atoms with E-state index < -0.39 is 5.82 Å². The lowest BCUT2D eigenvalue weighted by Gasteiger charge is -2.35. The Hall–Kier alpha value is -2.24. The summed E-state index contributed by atoms with van der Waals surface area (Å²) in [6.45, 7) is 5.69. The number of carbonyl (C=O) groups excluding carboxylic acids is 1. The molecule has 1 fully saturated rings. The Kier molecular flexibility index (Phi) is 4.15. The maximum absolute atomic E-state index is 13.2. The third-order valence-electron chi connectivity index (χ3n) is 4.31. The van der Waals surface area contributed by atoms with Crippen LogP contribution in [0.3, 0.4) is 0 Å². The lowest BCUT2D eigenvalue weighted by Crippen LogP contribution is -2.44. The molecule has 122 valence electrons. The first-order chi connectivity index (χ1) is 10.9. The quantitative estimate of drug-likeness (QED) is 0.852. The van der Waals surface area contributed by atoms with Crippen molar-refractivity contribution in [2.45, 2.75) is 26.8 Å². The Labute approximate surface area is 133 Å². The lowest BCUT2D eigenvalue weighted by molar-refractivity contribution is -0.134. The van der Waals surface area contributed by atoms with Crippen LogP contribution in [0, 0.1) is 17.7 Å². The number of piperidine rings is 1. The van der Waals surface area contributed by atoms with Gasteiger partial charge in [0.25, 0.3) is 5.56 Å². The standard InChI is InChI=1S/C17H20FN3O2/c1-11-5-12(2)8-20(7-11)16(22)9-21-10-19-15-6-13(18)3-4-14(15)17(21)23/h3-4,6,10-12H,5,7-9H2,1-2H3. The molecule has 2 atom stereocenters. The van der Waals surface area contributed by atoms with Crippen molar-refractivity contribution in [2.24, 2.45) is 11.8 Å². The minimum Gasteiger partial charge on any atom is -0.341 e. The van der Waals surface area contributed by atoms with Crippen LogP contribution < -0.4 is 5.56 Å². The predicted octanol–water partition coefficient (Wildman–Crippen LogP) is 2.04. The summed E-state index contributed by atoms with van der Waals surface area (Å²) < 4.78 is 14.5. The summed E-state index contributed by atoms with van der Waals surface area (Å²) in [7, 11) is 0. The lowest BCUT2D eigenvalue weighted by atomic mass is 9.92. The van der Waals surface area contributed by atoms with Gasteiger partial charge in [0.05, 0.1) is 17.2 Å². The molecule has 1 aliphatic heterocycles. The number of hydrogen-bond donors (Lipinski definition) is 0. The van der Waals surface area contributed by atoms with Gasteiger partial charge in [-0.25, -0.2) is 9.37 Å². The number of likely N-dealkylation sites (tertiary alicyclic amines) is 1. The molecule has 0 aliphatic carbocycles. The first kappa shape index (κ1) is 15.6. The largest absolute Gasteiger partial charge is 0.341 e. The summed E-state index contributed by atoms with van der Waals surface area (Å²) in [6, 6.07) is 3.86. The van der Waals surface area contributed by atoms with Crippen LogP contribution in [-0.4, -0.2) is 33.4 Å². The molecule has 1 amide bonds. The van der Waals surface area contributed by atoms with Gasteiger partial charge in [0, 0.05) is 19.2 Å².